The number of alkyl halides is 1. The average Bonchev–Trinajstić information content (AvgIpc) is 2.20. The van der Waals surface area contributed by atoms with Gasteiger partial charge in [0.25, 0.3) is 0 Å². The SMILES string of the molecule is COC(c1ccccc1)C(C)CI. The Hall–Kier alpha value is -0.0900. The fourth-order valence-electron chi connectivity index (χ4n) is 1.42. The molecular weight excluding hydrogens is 275 g/mol. The predicted octanol–water partition coefficient (Wildman–Crippen LogP) is 3.45. The maximum absolute atomic E-state index is 5.48. The molecule has 2 atom stereocenters. The highest BCUT2D eigenvalue weighted by Crippen LogP contribution is 2.26. The second-order valence-corrected chi connectivity index (χ2v) is 4.08. The number of methoxy groups -OCH3 is 1. The van der Waals surface area contributed by atoms with Crippen molar-refractivity contribution in [1.82, 2.24) is 0 Å². The molecule has 0 spiro atoms. The van der Waals surface area contributed by atoms with Crippen molar-refractivity contribution in [2.45, 2.75) is 13.0 Å². The Morgan fingerprint density at radius 2 is 1.92 bits per heavy atom. The van der Waals surface area contributed by atoms with Crippen molar-refractivity contribution in [2.24, 2.45) is 5.92 Å². The minimum atomic E-state index is 0.234. The highest BCUT2D eigenvalue weighted by atomic mass is 127. The van der Waals surface area contributed by atoms with Crippen LogP contribution in [0.1, 0.15) is 18.6 Å². The molecule has 0 bridgehead atoms. The van der Waals surface area contributed by atoms with Crippen molar-refractivity contribution in [3.05, 3.63) is 35.9 Å². The minimum absolute atomic E-state index is 0.234. The van der Waals surface area contributed by atoms with Gasteiger partial charge in [-0.1, -0.05) is 59.8 Å². The highest BCUT2D eigenvalue weighted by Gasteiger charge is 2.16. The lowest BCUT2D eigenvalue weighted by Gasteiger charge is -2.21. The van der Waals surface area contributed by atoms with Crippen LogP contribution in [0.2, 0.25) is 0 Å². The van der Waals surface area contributed by atoms with Crippen LogP contribution >= 0.6 is 22.6 Å². The lowest BCUT2D eigenvalue weighted by atomic mass is 9.99. The van der Waals surface area contributed by atoms with Crippen LogP contribution in [0.3, 0.4) is 0 Å². The molecule has 0 heterocycles. The number of ether oxygens (including phenoxy) is 1. The fourth-order valence-corrected chi connectivity index (χ4v) is 1.88. The summed E-state index contributed by atoms with van der Waals surface area (Å²) >= 11 is 2.40. The topological polar surface area (TPSA) is 9.23 Å². The molecule has 0 N–H and O–H groups in total. The highest BCUT2D eigenvalue weighted by molar-refractivity contribution is 14.1. The molecule has 0 fully saturated rings. The van der Waals surface area contributed by atoms with E-state index in [-0.39, 0.29) is 6.10 Å². The van der Waals surface area contributed by atoms with Crippen molar-refractivity contribution in [2.75, 3.05) is 11.5 Å². The third-order valence-corrected chi connectivity index (χ3v) is 3.53. The van der Waals surface area contributed by atoms with E-state index in [9.17, 15) is 0 Å². The van der Waals surface area contributed by atoms with Gasteiger partial charge >= 0.3 is 0 Å². The maximum atomic E-state index is 5.48. The largest absolute Gasteiger partial charge is 0.376 e. The smallest absolute Gasteiger partial charge is 0.0853 e. The first-order valence-corrected chi connectivity index (χ1v) is 5.96. The Morgan fingerprint density at radius 3 is 2.38 bits per heavy atom. The second kappa shape index (κ2) is 5.60. The lowest BCUT2D eigenvalue weighted by Crippen LogP contribution is -2.12. The molecule has 1 aromatic rings. The van der Waals surface area contributed by atoms with Crippen LogP contribution in [0, 0.1) is 5.92 Å². The van der Waals surface area contributed by atoms with Crippen molar-refractivity contribution >= 4 is 22.6 Å². The molecule has 0 amide bonds. The number of benzene rings is 1. The number of halogens is 1. The molecule has 0 saturated heterocycles. The van der Waals surface area contributed by atoms with Crippen molar-refractivity contribution < 1.29 is 4.74 Å². The summed E-state index contributed by atoms with van der Waals surface area (Å²) in [6.07, 6.45) is 0.234. The Kier molecular flexibility index (Phi) is 4.73. The summed E-state index contributed by atoms with van der Waals surface area (Å²) in [5.74, 6) is 0.563. The second-order valence-electron chi connectivity index (χ2n) is 3.20. The summed E-state index contributed by atoms with van der Waals surface area (Å²) in [4.78, 5) is 0. The molecule has 0 radical (unpaired) electrons. The van der Waals surface area contributed by atoms with Gasteiger partial charge in [0, 0.05) is 11.5 Å². The zero-order valence-electron chi connectivity index (χ0n) is 8.03. The number of hydrogen-bond acceptors (Lipinski definition) is 1. The van der Waals surface area contributed by atoms with Gasteiger partial charge in [-0.2, -0.15) is 0 Å². The molecule has 13 heavy (non-hydrogen) atoms. The number of rotatable bonds is 4. The molecule has 2 unspecified atom stereocenters. The molecule has 2 heteroatoms. The molecule has 1 nitrogen and oxygen atoms in total. The zero-order valence-corrected chi connectivity index (χ0v) is 10.2. The molecule has 0 aliphatic rings. The minimum Gasteiger partial charge on any atom is -0.376 e. The molecule has 0 saturated carbocycles. The van der Waals surface area contributed by atoms with E-state index in [0.29, 0.717) is 5.92 Å². The Labute approximate surface area is 93.6 Å². The van der Waals surface area contributed by atoms with Gasteiger partial charge in [-0.15, -0.1) is 0 Å². The maximum Gasteiger partial charge on any atom is 0.0853 e. The third-order valence-electron chi connectivity index (χ3n) is 2.14. The summed E-state index contributed by atoms with van der Waals surface area (Å²) in [6.45, 7) is 2.22. The van der Waals surface area contributed by atoms with E-state index in [4.69, 9.17) is 4.74 Å². The van der Waals surface area contributed by atoms with Crippen LogP contribution in [0.15, 0.2) is 30.3 Å². The van der Waals surface area contributed by atoms with Gasteiger partial charge in [0.15, 0.2) is 0 Å². The molecular formula is C11H15IO. The van der Waals surface area contributed by atoms with Gasteiger partial charge in [-0.25, -0.2) is 0 Å². The van der Waals surface area contributed by atoms with Crippen LogP contribution in [0.4, 0.5) is 0 Å². The Morgan fingerprint density at radius 1 is 1.31 bits per heavy atom. The van der Waals surface area contributed by atoms with Crippen LogP contribution in [-0.4, -0.2) is 11.5 Å². The van der Waals surface area contributed by atoms with Crippen LogP contribution in [-0.2, 0) is 4.74 Å². The van der Waals surface area contributed by atoms with Crippen molar-refractivity contribution in [3.63, 3.8) is 0 Å². The van der Waals surface area contributed by atoms with Crippen LogP contribution < -0.4 is 0 Å². The van der Waals surface area contributed by atoms with Gasteiger partial charge in [0.05, 0.1) is 6.10 Å². The Bertz CT molecular complexity index is 235. The van der Waals surface area contributed by atoms with E-state index < -0.39 is 0 Å². The van der Waals surface area contributed by atoms with E-state index in [1.807, 2.05) is 6.07 Å². The summed E-state index contributed by atoms with van der Waals surface area (Å²) in [6, 6.07) is 10.4. The monoisotopic (exact) mass is 290 g/mol. The first kappa shape index (κ1) is 11.0. The van der Waals surface area contributed by atoms with E-state index in [1.54, 1.807) is 7.11 Å². The first-order chi connectivity index (χ1) is 6.29. The summed E-state index contributed by atoms with van der Waals surface area (Å²) < 4.78 is 6.60. The van der Waals surface area contributed by atoms with Gasteiger partial charge in [0.1, 0.15) is 0 Å². The molecule has 1 aromatic carbocycles. The van der Waals surface area contributed by atoms with Crippen molar-refractivity contribution in [1.29, 1.82) is 0 Å². The lowest BCUT2D eigenvalue weighted by molar-refractivity contribution is 0.0672. The quantitative estimate of drug-likeness (QED) is 0.609. The van der Waals surface area contributed by atoms with Gasteiger partial charge in [0.2, 0.25) is 0 Å². The Balaban J connectivity index is 2.78. The van der Waals surface area contributed by atoms with Crippen molar-refractivity contribution in [3.8, 4) is 0 Å². The van der Waals surface area contributed by atoms with Crippen LogP contribution in [0.5, 0.6) is 0 Å². The molecule has 72 valence electrons. The van der Waals surface area contributed by atoms with Gasteiger partial charge in [-0.05, 0) is 11.5 Å². The summed E-state index contributed by atoms with van der Waals surface area (Å²) in [5, 5.41) is 0. The summed E-state index contributed by atoms with van der Waals surface area (Å²) in [7, 11) is 1.78. The van der Waals surface area contributed by atoms with E-state index in [1.165, 1.54) is 5.56 Å². The first-order valence-electron chi connectivity index (χ1n) is 4.43. The average molecular weight is 290 g/mol. The fraction of sp³-hybridized carbons (Fsp3) is 0.455. The number of hydrogen-bond donors (Lipinski definition) is 0. The van der Waals surface area contributed by atoms with Gasteiger partial charge in [-0.3, -0.25) is 0 Å². The van der Waals surface area contributed by atoms with E-state index in [0.717, 1.165) is 4.43 Å². The third kappa shape index (κ3) is 2.95. The molecule has 0 aliphatic carbocycles. The standard InChI is InChI=1S/C11H15IO/c1-9(8-12)11(13-2)10-6-4-3-5-7-10/h3-7,9,11H,8H2,1-2H3. The van der Waals surface area contributed by atoms with E-state index in [2.05, 4.69) is 53.8 Å². The molecule has 1 rings (SSSR count). The molecule has 0 aromatic heterocycles. The van der Waals surface area contributed by atoms with Crippen LogP contribution in [0.25, 0.3) is 0 Å². The van der Waals surface area contributed by atoms with Gasteiger partial charge < -0.3 is 4.74 Å². The van der Waals surface area contributed by atoms with E-state index >= 15 is 0 Å². The molecule has 0 aliphatic heterocycles. The normalized spacial score (nSPS) is 15.3. The predicted molar refractivity (Wildman–Crippen MR) is 64.2 cm³/mol. The zero-order chi connectivity index (χ0) is 9.68. The summed E-state index contributed by atoms with van der Waals surface area (Å²) in [5.41, 5.74) is 1.27.